The standard InChI is InChI=1S/C18H34N2O3/c1-14(19-13-18(7-8-18)9-11-21)15-6-5-10-20(12-15)16(22)23-17(2,3)4/h14-15,19,21H,5-13H2,1-4H3. The van der Waals surface area contributed by atoms with E-state index in [0.717, 1.165) is 38.9 Å². The van der Waals surface area contributed by atoms with Crippen LogP contribution in [0.15, 0.2) is 0 Å². The lowest BCUT2D eigenvalue weighted by atomic mass is 9.91. The number of hydrogen-bond donors (Lipinski definition) is 2. The molecule has 0 aromatic rings. The van der Waals surface area contributed by atoms with E-state index >= 15 is 0 Å². The van der Waals surface area contributed by atoms with E-state index in [9.17, 15) is 4.79 Å². The van der Waals surface area contributed by atoms with Crippen molar-refractivity contribution in [2.75, 3.05) is 26.2 Å². The maximum Gasteiger partial charge on any atom is 0.410 e. The smallest absolute Gasteiger partial charge is 0.410 e. The van der Waals surface area contributed by atoms with Crippen molar-refractivity contribution in [2.24, 2.45) is 11.3 Å². The average Bonchev–Trinajstić information content (AvgIpc) is 3.24. The number of amides is 1. The van der Waals surface area contributed by atoms with Gasteiger partial charge in [-0.05, 0) is 71.1 Å². The number of likely N-dealkylation sites (tertiary alicyclic amines) is 1. The summed E-state index contributed by atoms with van der Waals surface area (Å²) in [5.41, 5.74) is -0.0981. The molecule has 0 spiro atoms. The quantitative estimate of drug-likeness (QED) is 0.788. The SMILES string of the molecule is CC(NCC1(CCO)CC1)C1CCCN(C(=O)OC(C)(C)C)C1. The van der Waals surface area contributed by atoms with Crippen LogP contribution >= 0.6 is 0 Å². The van der Waals surface area contributed by atoms with Gasteiger partial charge in [-0.1, -0.05) is 0 Å². The van der Waals surface area contributed by atoms with Gasteiger partial charge in [-0.2, -0.15) is 0 Å². The van der Waals surface area contributed by atoms with Gasteiger partial charge in [0.15, 0.2) is 0 Å². The van der Waals surface area contributed by atoms with Gasteiger partial charge >= 0.3 is 6.09 Å². The summed E-state index contributed by atoms with van der Waals surface area (Å²) in [5, 5.41) is 12.8. The predicted octanol–water partition coefficient (Wildman–Crippen LogP) is 2.77. The summed E-state index contributed by atoms with van der Waals surface area (Å²) in [6.45, 7) is 10.8. The number of nitrogens with zero attached hydrogens (tertiary/aromatic N) is 1. The molecule has 0 radical (unpaired) electrons. The first-order chi connectivity index (χ1) is 10.7. The summed E-state index contributed by atoms with van der Waals surface area (Å²) >= 11 is 0. The third-order valence-corrected chi connectivity index (χ3v) is 5.21. The van der Waals surface area contributed by atoms with E-state index < -0.39 is 5.60 Å². The van der Waals surface area contributed by atoms with E-state index in [0.29, 0.717) is 17.4 Å². The molecule has 2 unspecified atom stereocenters. The summed E-state index contributed by atoms with van der Waals surface area (Å²) in [6.07, 6.45) is 5.36. The van der Waals surface area contributed by atoms with E-state index in [-0.39, 0.29) is 12.7 Å². The van der Waals surface area contributed by atoms with Crippen molar-refractivity contribution in [3.8, 4) is 0 Å². The highest BCUT2D eigenvalue weighted by molar-refractivity contribution is 5.68. The van der Waals surface area contributed by atoms with Gasteiger partial charge in [-0.15, -0.1) is 0 Å². The number of rotatable bonds is 6. The van der Waals surface area contributed by atoms with Gasteiger partial charge in [0.1, 0.15) is 5.60 Å². The maximum atomic E-state index is 12.2. The van der Waals surface area contributed by atoms with Crippen LogP contribution in [-0.2, 0) is 4.74 Å². The first-order valence-electron chi connectivity index (χ1n) is 9.07. The largest absolute Gasteiger partial charge is 0.444 e. The number of piperidine rings is 1. The Morgan fingerprint density at radius 2 is 2.13 bits per heavy atom. The van der Waals surface area contributed by atoms with Gasteiger partial charge in [0, 0.05) is 32.3 Å². The fraction of sp³-hybridized carbons (Fsp3) is 0.944. The van der Waals surface area contributed by atoms with E-state index in [1.165, 1.54) is 12.8 Å². The molecule has 1 amide bonds. The lowest BCUT2D eigenvalue weighted by Crippen LogP contribution is -2.48. The highest BCUT2D eigenvalue weighted by Gasteiger charge is 2.42. The Morgan fingerprint density at radius 3 is 2.70 bits per heavy atom. The molecule has 0 aromatic carbocycles. The van der Waals surface area contributed by atoms with E-state index in [1.54, 1.807) is 0 Å². The maximum absolute atomic E-state index is 12.2. The molecule has 5 nitrogen and oxygen atoms in total. The number of carbonyl (C=O) groups excluding carboxylic acids is 1. The van der Waals surface area contributed by atoms with Gasteiger partial charge in [-0.3, -0.25) is 0 Å². The zero-order valence-electron chi connectivity index (χ0n) is 15.2. The highest BCUT2D eigenvalue weighted by atomic mass is 16.6. The Bertz CT molecular complexity index is 402. The average molecular weight is 326 g/mol. The number of nitrogens with one attached hydrogen (secondary N) is 1. The van der Waals surface area contributed by atoms with E-state index in [1.807, 2.05) is 25.7 Å². The molecule has 1 aliphatic carbocycles. The first-order valence-corrected chi connectivity index (χ1v) is 9.07. The van der Waals surface area contributed by atoms with Crippen molar-refractivity contribution in [1.82, 2.24) is 10.2 Å². The second kappa shape index (κ2) is 7.39. The van der Waals surface area contributed by atoms with Crippen LogP contribution in [0.2, 0.25) is 0 Å². The molecule has 0 aromatic heterocycles. The van der Waals surface area contributed by atoms with E-state index in [2.05, 4.69) is 12.2 Å². The Labute approximate surface area is 140 Å². The fourth-order valence-corrected chi connectivity index (χ4v) is 3.38. The summed E-state index contributed by atoms with van der Waals surface area (Å²) in [6, 6.07) is 0.386. The summed E-state index contributed by atoms with van der Waals surface area (Å²) in [7, 11) is 0. The minimum absolute atomic E-state index is 0.187. The summed E-state index contributed by atoms with van der Waals surface area (Å²) in [5.74, 6) is 0.473. The molecule has 5 heteroatoms. The van der Waals surface area contributed by atoms with Crippen molar-refractivity contribution < 1.29 is 14.6 Å². The summed E-state index contributed by atoms with van der Waals surface area (Å²) in [4.78, 5) is 14.1. The number of ether oxygens (including phenoxy) is 1. The van der Waals surface area contributed by atoms with Crippen LogP contribution in [-0.4, -0.2) is 54.0 Å². The Balaban J connectivity index is 1.79. The van der Waals surface area contributed by atoms with Crippen molar-refractivity contribution in [3.05, 3.63) is 0 Å². The molecule has 1 aliphatic heterocycles. The molecule has 1 saturated carbocycles. The number of carbonyl (C=O) groups is 1. The molecular formula is C18H34N2O3. The third kappa shape index (κ3) is 5.64. The Kier molecular flexibility index (Phi) is 5.95. The van der Waals surface area contributed by atoms with Crippen LogP contribution in [0.5, 0.6) is 0 Å². The first kappa shape index (κ1) is 18.5. The zero-order valence-corrected chi connectivity index (χ0v) is 15.2. The highest BCUT2D eigenvalue weighted by Crippen LogP contribution is 2.48. The Morgan fingerprint density at radius 1 is 1.43 bits per heavy atom. The monoisotopic (exact) mass is 326 g/mol. The molecule has 2 N–H and O–H groups in total. The molecule has 23 heavy (non-hydrogen) atoms. The number of aliphatic hydroxyl groups is 1. The lowest BCUT2D eigenvalue weighted by molar-refractivity contribution is 0.0147. The molecule has 2 aliphatic rings. The van der Waals surface area contributed by atoms with Crippen LogP contribution in [0.25, 0.3) is 0 Å². The van der Waals surface area contributed by atoms with Crippen LogP contribution in [0, 0.1) is 11.3 Å². The Hall–Kier alpha value is -0.810. The van der Waals surface area contributed by atoms with Crippen molar-refractivity contribution in [1.29, 1.82) is 0 Å². The second-order valence-corrected chi connectivity index (χ2v) is 8.47. The third-order valence-electron chi connectivity index (χ3n) is 5.21. The molecule has 1 saturated heterocycles. The zero-order chi connectivity index (χ0) is 17.1. The molecule has 2 atom stereocenters. The molecule has 0 bridgehead atoms. The van der Waals surface area contributed by atoms with Gasteiger partial charge in [0.05, 0.1) is 0 Å². The number of hydrogen-bond acceptors (Lipinski definition) is 4. The summed E-state index contributed by atoms with van der Waals surface area (Å²) < 4.78 is 5.50. The van der Waals surface area contributed by atoms with Crippen LogP contribution in [0.4, 0.5) is 4.79 Å². The minimum atomic E-state index is -0.434. The predicted molar refractivity (Wildman–Crippen MR) is 91.4 cm³/mol. The number of aliphatic hydroxyl groups excluding tert-OH is 1. The van der Waals surface area contributed by atoms with Gasteiger partial charge in [-0.25, -0.2) is 4.79 Å². The van der Waals surface area contributed by atoms with Crippen LogP contribution in [0.1, 0.15) is 59.8 Å². The molecule has 134 valence electrons. The van der Waals surface area contributed by atoms with Gasteiger partial charge in [0.25, 0.3) is 0 Å². The van der Waals surface area contributed by atoms with Crippen LogP contribution in [0.3, 0.4) is 0 Å². The fourth-order valence-electron chi connectivity index (χ4n) is 3.38. The minimum Gasteiger partial charge on any atom is -0.444 e. The van der Waals surface area contributed by atoms with E-state index in [4.69, 9.17) is 9.84 Å². The van der Waals surface area contributed by atoms with Crippen molar-refractivity contribution in [3.63, 3.8) is 0 Å². The topological polar surface area (TPSA) is 61.8 Å². The molecular weight excluding hydrogens is 292 g/mol. The second-order valence-electron chi connectivity index (χ2n) is 8.47. The molecule has 1 heterocycles. The lowest BCUT2D eigenvalue weighted by Gasteiger charge is -2.37. The van der Waals surface area contributed by atoms with Gasteiger partial charge < -0.3 is 20.1 Å². The van der Waals surface area contributed by atoms with Crippen molar-refractivity contribution in [2.45, 2.75) is 71.4 Å². The van der Waals surface area contributed by atoms with Crippen molar-refractivity contribution >= 4 is 6.09 Å². The van der Waals surface area contributed by atoms with Crippen LogP contribution < -0.4 is 5.32 Å². The normalized spacial score (nSPS) is 25.1. The van der Waals surface area contributed by atoms with Gasteiger partial charge in [0.2, 0.25) is 0 Å². The molecule has 2 rings (SSSR count). The molecule has 2 fully saturated rings.